The van der Waals surface area contributed by atoms with Crippen LogP contribution in [0.25, 0.3) is 11.1 Å². The highest BCUT2D eigenvalue weighted by Crippen LogP contribution is 2.35. The van der Waals surface area contributed by atoms with Gasteiger partial charge < -0.3 is 39.2 Å². The zero-order chi connectivity index (χ0) is 41.4. The van der Waals surface area contributed by atoms with Crippen LogP contribution in [0, 0.1) is 12.5 Å². The number of aromatic carboxylic acids is 2. The average Bonchev–Trinajstić information content (AvgIpc) is 3.22. The summed E-state index contributed by atoms with van der Waals surface area (Å²) >= 11 is 12.9. The fourth-order valence-electron chi connectivity index (χ4n) is 5.07. The molecule has 14 heteroatoms. The topological polar surface area (TPSA) is 167 Å². The van der Waals surface area contributed by atoms with Crippen molar-refractivity contribution in [3.8, 4) is 58.2 Å². The lowest BCUT2D eigenvalue weighted by molar-refractivity contribution is -0.217. The molecule has 6 aromatic rings. The summed E-state index contributed by atoms with van der Waals surface area (Å²) in [4.78, 5) is 47.2. The fourth-order valence-corrected chi connectivity index (χ4v) is 5.50. The number of phenolic OH excluding ortho intramolecular Hbond substituents is 1. The maximum atomic E-state index is 12.8. The van der Waals surface area contributed by atoms with Crippen LogP contribution in [-0.4, -0.2) is 46.4 Å². The number of esters is 1. The summed E-state index contributed by atoms with van der Waals surface area (Å²) in [5, 5.41) is 28.1. The van der Waals surface area contributed by atoms with Gasteiger partial charge in [0.15, 0.2) is 5.75 Å². The lowest BCUT2D eigenvalue weighted by Crippen LogP contribution is -2.14. The standard InChI is InChI=1S/C38H26Cl2O11.C6H6O/c1-2-46-27-12-13-29(31(21-27)37(43)44)38(45)50-34-14-9-23(18-32(34)39)24-10-15-35(33(40)19-24)51-49-22-25-8-11-28(20-30(25)36(41)42)48-17-16-47-26-6-4-3-5-7-26;7-6-4-2-1-3-5-6/h1,3-15,18-21H,16-17,22H2,(H,41,42)(H,43,44);1-5,7H. The molecule has 0 radical (unpaired) electrons. The van der Waals surface area contributed by atoms with Crippen molar-refractivity contribution in [2.24, 2.45) is 0 Å². The summed E-state index contributed by atoms with van der Waals surface area (Å²) in [6.07, 6.45) is 7.02. The average molecular weight is 824 g/mol. The molecule has 0 saturated carbocycles. The van der Waals surface area contributed by atoms with E-state index in [2.05, 4.69) is 0 Å². The third-order valence-corrected chi connectivity index (χ3v) is 8.40. The van der Waals surface area contributed by atoms with Gasteiger partial charge in [-0.2, -0.15) is 4.89 Å². The number of hydrogen-bond donors (Lipinski definition) is 3. The third-order valence-electron chi connectivity index (χ3n) is 7.81. The Morgan fingerprint density at radius 1 is 0.603 bits per heavy atom. The van der Waals surface area contributed by atoms with Gasteiger partial charge in [-0.1, -0.05) is 84.2 Å². The Labute approximate surface area is 342 Å². The number of ether oxygens (including phenoxy) is 4. The summed E-state index contributed by atoms with van der Waals surface area (Å²) in [7, 11) is 0. The van der Waals surface area contributed by atoms with Gasteiger partial charge in [0.25, 0.3) is 0 Å². The maximum absolute atomic E-state index is 12.8. The Hall–Kier alpha value is -7.17. The van der Waals surface area contributed by atoms with Crippen LogP contribution >= 0.6 is 23.2 Å². The van der Waals surface area contributed by atoms with E-state index in [1.54, 1.807) is 60.7 Å². The lowest BCUT2D eigenvalue weighted by atomic mass is 10.1. The number of rotatable bonds is 15. The van der Waals surface area contributed by atoms with Crippen molar-refractivity contribution < 1.29 is 58.4 Å². The molecule has 0 aliphatic carbocycles. The molecule has 0 aliphatic heterocycles. The normalized spacial score (nSPS) is 10.2. The van der Waals surface area contributed by atoms with Crippen molar-refractivity contribution in [1.29, 1.82) is 0 Å². The van der Waals surface area contributed by atoms with Crippen LogP contribution in [0.5, 0.6) is 34.5 Å². The van der Waals surface area contributed by atoms with Gasteiger partial charge in [0.05, 0.1) is 26.7 Å². The number of para-hydroxylation sites is 2. The van der Waals surface area contributed by atoms with Crippen LogP contribution in [0.2, 0.25) is 10.0 Å². The summed E-state index contributed by atoms with van der Waals surface area (Å²) < 4.78 is 21.5. The number of carbonyl (C=O) groups excluding carboxylic acids is 1. The van der Waals surface area contributed by atoms with Crippen molar-refractivity contribution in [2.75, 3.05) is 13.2 Å². The van der Waals surface area contributed by atoms with E-state index in [9.17, 15) is 24.6 Å². The summed E-state index contributed by atoms with van der Waals surface area (Å²) in [6.45, 7) is 0.279. The van der Waals surface area contributed by atoms with Crippen LogP contribution < -0.4 is 23.8 Å². The first-order chi connectivity index (χ1) is 28.0. The number of aromatic hydroxyl groups is 1. The SMILES string of the molecule is C#COc1ccc(C(=O)Oc2ccc(-c3ccc(OOCc4ccc(OCCOc5ccccc5)cc4C(=O)O)c(Cl)c3)cc2Cl)c(C(=O)O)c1.Oc1ccccc1. The monoisotopic (exact) mass is 822 g/mol. The second kappa shape index (κ2) is 20.7. The molecule has 6 aromatic carbocycles. The van der Waals surface area contributed by atoms with E-state index < -0.39 is 17.9 Å². The molecule has 0 saturated heterocycles. The zero-order valence-corrected chi connectivity index (χ0v) is 31.7. The first-order valence-electron chi connectivity index (χ1n) is 17.0. The molecule has 0 aliphatic rings. The highest BCUT2D eigenvalue weighted by molar-refractivity contribution is 6.33. The summed E-state index contributed by atoms with van der Waals surface area (Å²) in [5.74, 6) is -1.91. The molecule has 58 heavy (non-hydrogen) atoms. The number of hydrogen-bond acceptors (Lipinski definition) is 10. The first-order valence-corrected chi connectivity index (χ1v) is 17.8. The van der Waals surface area contributed by atoms with Gasteiger partial charge in [0.1, 0.15) is 54.7 Å². The van der Waals surface area contributed by atoms with Crippen LogP contribution in [0.15, 0.2) is 133 Å². The molecule has 0 unspecified atom stereocenters. The third kappa shape index (κ3) is 11.9. The molecule has 294 valence electrons. The number of carbonyl (C=O) groups is 3. The molecule has 0 bridgehead atoms. The van der Waals surface area contributed by atoms with Crippen molar-refractivity contribution in [3.63, 3.8) is 0 Å². The second-order valence-corrected chi connectivity index (χ2v) is 12.5. The van der Waals surface area contributed by atoms with E-state index >= 15 is 0 Å². The molecule has 0 atom stereocenters. The Kier molecular flexibility index (Phi) is 15.0. The van der Waals surface area contributed by atoms with E-state index in [1.165, 1.54) is 30.3 Å². The van der Waals surface area contributed by atoms with Gasteiger partial charge >= 0.3 is 17.9 Å². The molecule has 0 aromatic heterocycles. The van der Waals surface area contributed by atoms with E-state index in [4.69, 9.17) is 63.5 Å². The minimum Gasteiger partial charge on any atom is -0.508 e. The van der Waals surface area contributed by atoms with Crippen LogP contribution in [0.1, 0.15) is 36.6 Å². The molecular formula is C44H32Cl2O12. The lowest BCUT2D eigenvalue weighted by Gasteiger charge is -2.13. The number of phenols is 1. The molecule has 6 rings (SSSR count). The van der Waals surface area contributed by atoms with Crippen LogP contribution in [0.4, 0.5) is 0 Å². The van der Waals surface area contributed by atoms with Crippen molar-refractivity contribution >= 4 is 41.1 Å². The number of terminal acetylenes is 1. The Morgan fingerprint density at radius 2 is 1.17 bits per heavy atom. The molecule has 12 nitrogen and oxygen atoms in total. The number of carboxylic acid groups (broad SMARTS) is 2. The van der Waals surface area contributed by atoms with E-state index in [0.29, 0.717) is 33.9 Å². The minimum absolute atomic E-state index is 0.0115. The molecule has 0 spiro atoms. The molecule has 0 amide bonds. The van der Waals surface area contributed by atoms with Gasteiger partial charge in [-0.05, 0) is 95.6 Å². The first kappa shape index (κ1) is 42.0. The van der Waals surface area contributed by atoms with Crippen molar-refractivity contribution in [3.05, 3.63) is 166 Å². The Balaban J connectivity index is 0.000000826. The molecule has 0 fully saturated rings. The highest BCUT2D eigenvalue weighted by atomic mass is 35.5. The number of carboxylic acids is 2. The van der Waals surface area contributed by atoms with E-state index in [1.807, 2.05) is 42.5 Å². The van der Waals surface area contributed by atoms with E-state index in [0.717, 1.165) is 6.07 Å². The molecular weight excluding hydrogens is 791 g/mol. The largest absolute Gasteiger partial charge is 0.508 e. The molecule has 3 N–H and O–H groups in total. The fraction of sp³-hybridized carbons (Fsp3) is 0.0682. The second-order valence-electron chi connectivity index (χ2n) is 11.7. The highest BCUT2D eigenvalue weighted by Gasteiger charge is 2.21. The van der Waals surface area contributed by atoms with Crippen LogP contribution in [-0.2, 0) is 11.5 Å². The Bertz CT molecular complexity index is 2410. The number of benzene rings is 6. The van der Waals surface area contributed by atoms with Gasteiger partial charge in [-0.3, -0.25) is 0 Å². The van der Waals surface area contributed by atoms with Crippen LogP contribution in [0.3, 0.4) is 0 Å². The maximum Gasteiger partial charge on any atom is 0.344 e. The summed E-state index contributed by atoms with van der Waals surface area (Å²) in [5.41, 5.74) is 0.948. The summed E-state index contributed by atoms with van der Waals surface area (Å²) in [6, 6.07) is 35.6. The molecule has 0 heterocycles. The predicted molar refractivity (Wildman–Crippen MR) is 214 cm³/mol. The zero-order valence-electron chi connectivity index (χ0n) is 30.2. The van der Waals surface area contributed by atoms with Crippen molar-refractivity contribution in [1.82, 2.24) is 0 Å². The quantitative estimate of drug-likeness (QED) is 0.0224. The van der Waals surface area contributed by atoms with Gasteiger partial charge in [0.2, 0.25) is 0 Å². The van der Waals surface area contributed by atoms with Gasteiger partial charge in [0, 0.05) is 0 Å². The van der Waals surface area contributed by atoms with E-state index in [-0.39, 0.29) is 63.8 Å². The Morgan fingerprint density at radius 3 is 1.74 bits per heavy atom. The van der Waals surface area contributed by atoms with Crippen molar-refractivity contribution in [2.45, 2.75) is 6.61 Å². The minimum atomic E-state index is -1.38. The van der Waals surface area contributed by atoms with Gasteiger partial charge in [-0.15, -0.1) is 0 Å². The smallest absolute Gasteiger partial charge is 0.344 e. The van der Waals surface area contributed by atoms with Gasteiger partial charge in [-0.25, -0.2) is 14.4 Å². The number of halogens is 2. The predicted octanol–water partition coefficient (Wildman–Crippen LogP) is 9.61.